The average molecular weight is 524 g/mol. The topological polar surface area (TPSA) is 113 Å². The van der Waals surface area contributed by atoms with Crippen LogP contribution in [0.5, 0.6) is 0 Å². The van der Waals surface area contributed by atoms with Crippen LogP contribution in [0.25, 0.3) is 17.3 Å². The quantitative estimate of drug-likeness (QED) is 0.355. The highest BCUT2D eigenvalue weighted by Crippen LogP contribution is 2.26. The van der Waals surface area contributed by atoms with E-state index in [4.69, 9.17) is 0 Å². The molecule has 2 N–H and O–H groups in total. The molecule has 9 nitrogen and oxygen atoms in total. The second kappa shape index (κ2) is 11.1. The van der Waals surface area contributed by atoms with E-state index >= 15 is 0 Å². The number of hydrogen-bond acceptors (Lipinski definition) is 9. The average Bonchev–Trinajstić information content (AvgIpc) is 3.20. The molecular weight excluding hydrogens is 500 g/mol. The van der Waals surface area contributed by atoms with Gasteiger partial charge in [0.1, 0.15) is 0 Å². The van der Waals surface area contributed by atoms with Gasteiger partial charge in [-0.25, -0.2) is 9.97 Å². The lowest BCUT2D eigenvalue weighted by atomic mass is 9.97. The predicted molar refractivity (Wildman–Crippen MR) is 135 cm³/mol. The number of piperidine rings is 1. The molecule has 3 aromatic rings. The Hall–Kier alpha value is -3.77. The molecule has 5 heterocycles. The number of nitrogens with zero attached hydrogens (tertiary/aromatic N) is 5. The van der Waals surface area contributed by atoms with E-state index in [0.29, 0.717) is 40.3 Å². The van der Waals surface area contributed by atoms with Crippen molar-refractivity contribution in [2.24, 2.45) is 5.92 Å². The summed E-state index contributed by atoms with van der Waals surface area (Å²) in [5.74, 6) is -1.10. The number of aromatic nitrogens is 4. The van der Waals surface area contributed by atoms with Crippen LogP contribution in [0.1, 0.15) is 24.2 Å². The Morgan fingerprint density at radius 2 is 1.86 bits per heavy atom. The summed E-state index contributed by atoms with van der Waals surface area (Å²) in [4.78, 5) is 42.1. The number of halogens is 2. The van der Waals surface area contributed by atoms with E-state index in [1.807, 2.05) is 12.1 Å². The molecule has 0 radical (unpaired) electrons. The van der Waals surface area contributed by atoms with Crippen LogP contribution in [0.4, 0.5) is 19.5 Å². The Balaban J connectivity index is 1.12. The first kappa shape index (κ1) is 24.9. The first-order valence-corrected chi connectivity index (χ1v) is 12.6. The summed E-state index contributed by atoms with van der Waals surface area (Å²) in [5.41, 5.74) is 2.20. The number of rotatable bonds is 7. The smallest absolute Gasteiger partial charge is 0.290 e. The van der Waals surface area contributed by atoms with Gasteiger partial charge in [-0.1, -0.05) is 6.07 Å². The number of nitrogens with one attached hydrogen (secondary N) is 2. The first-order chi connectivity index (χ1) is 17.9. The van der Waals surface area contributed by atoms with Crippen molar-refractivity contribution in [3.8, 4) is 11.3 Å². The van der Waals surface area contributed by atoms with Crippen molar-refractivity contribution in [3.05, 3.63) is 70.8 Å². The van der Waals surface area contributed by atoms with Gasteiger partial charge in [0.2, 0.25) is 17.8 Å². The Morgan fingerprint density at radius 1 is 1.08 bits per heavy atom. The number of hydrogen-bond donors (Lipinski definition) is 2. The van der Waals surface area contributed by atoms with Crippen LogP contribution in [-0.2, 0) is 11.3 Å². The van der Waals surface area contributed by atoms with Gasteiger partial charge in [0.05, 0.1) is 22.0 Å². The van der Waals surface area contributed by atoms with Gasteiger partial charge >= 0.3 is 0 Å². The maximum Gasteiger partial charge on any atom is 0.290 e. The Morgan fingerprint density at radius 3 is 2.59 bits per heavy atom. The zero-order valence-corrected chi connectivity index (χ0v) is 20.5. The molecule has 0 bridgehead atoms. The van der Waals surface area contributed by atoms with Crippen molar-refractivity contribution in [3.63, 3.8) is 0 Å². The van der Waals surface area contributed by atoms with E-state index in [9.17, 15) is 18.4 Å². The summed E-state index contributed by atoms with van der Waals surface area (Å²) in [7, 11) is 0. The molecule has 0 spiro atoms. The number of thioether (sulfide) groups is 1. The Kier molecular flexibility index (Phi) is 7.47. The monoisotopic (exact) mass is 523 g/mol. The third-order valence-corrected chi connectivity index (χ3v) is 6.90. The molecule has 37 heavy (non-hydrogen) atoms. The van der Waals surface area contributed by atoms with Crippen molar-refractivity contribution in [2.75, 3.05) is 24.5 Å². The maximum atomic E-state index is 13.5. The molecule has 5 rings (SSSR count). The highest BCUT2D eigenvalue weighted by molar-refractivity contribution is 8.18. The van der Waals surface area contributed by atoms with Crippen molar-refractivity contribution >= 4 is 34.9 Å². The van der Waals surface area contributed by atoms with Gasteiger partial charge in [-0.2, -0.15) is 13.8 Å². The molecule has 0 aliphatic carbocycles. The normalized spacial score (nSPS) is 17.5. The molecule has 0 unspecified atom stereocenters. The van der Waals surface area contributed by atoms with Crippen molar-refractivity contribution < 1.29 is 18.4 Å². The second-order valence-corrected chi connectivity index (χ2v) is 9.73. The number of pyridine rings is 2. The van der Waals surface area contributed by atoms with Crippen LogP contribution in [0.2, 0.25) is 0 Å². The molecule has 2 aliphatic rings. The SMILES string of the molecule is O=C1NC(=O)/C(=C/c2ccnc(N3CCC(CNCc4cccc(-c5cc(F)nc(F)c5)n4)CC3)n2)S1. The van der Waals surface area contributed by atoms with Gasteiger partial charge in [-0.3, -0.25) is 19.9 Å². The van der Waals surface area contributed by atoms with Crippen LogP contribution < -0.4 is 15.5 Å². The Labute approximate surface area is 215 Å². The largest absolute Gasteiger partial charge is 0.341 e. The van der Waals surface area contributed by atoms with Gasteiger partial charge in [0.15, 0.2) is 0 Å². The summed E-state index contributed by atoms with van der Waals surface area (Å²) in [5, 5.41) is 5.29. The standard InChI is InChI=1S/C25H23F2N7O2S/c26-21-10-16(11-22(27)32-21)19-3-1-2-18(30-19)14-28-13-15-5-8-34(9-6-15)24-29-7-4-17(31-24)12-20-23(35)33-25(36)37-20/h1-4,7,10-12,15,28H,5-6,8-9,13-14H2,(H,33,35,36)/b20-12-. The van der Waals surface area contributed by atoms with Gasteiger partial charge in [0, 0.05) is 43.5 Å². The second-order valence-electron chi connectivity index (χ2n) is 8.71. The molecule has 2 aliphatic heterocycles. The molecule has 0 aromatic carbocycles. The molecule has 0 saturated carbocycles. The van der Waals surface area contributed by atoms with E-state index in [0.717, 1.165) is 62.1 Å². The lowest BCUT2D eigenvalue weighted by Crippen LogP contribution is -2.38. The lowest BCUT2D eigenvalue weighted by Gasteiger charge is -2.32. The minimum absolute atomic E-state index is 0.319. The zero-order chi connectivity index (χ0) is 25.8. The highest BCUT2D eigenvalue weighted by atomic mass is 32.2. The molecular formula is C25H23F2N7O2S. The summed E-state index contributed by atoms with van der Waals surface area (Å²) in [6.45, 7) is 2.95. The van der Waals surface area contributed by atoms with Crippen LogP contribution in [0.3, 0.4) is 0 Å². The van der Waals surface area contributed by atoms with E-state index in [1.54, 1.807) is 24.4 Å². The fourth-order valence-corrected chi connectivity index (χ4v) is 4.91. The maximum absolute atomic E-state index is 13.5. The van der Waals surface area contributed by atoms with Crippen LogP contribution in [0.15, 0.2) is 47.5 Å². The van der Waals surface area contributed by atoms with Crippen LogP contribution in [0, 0.1) is 17.8 Å². The highest BCUT2D eigenvalue weighted by Gasteiger charge is 2.25. The number of carbonyl (C=O) groups is 2. The van der Waals surface area contributed by atoms with Crippen LogP contribution in [-0.4, -0.2) is 50.7 Å². The molecule has 2 amide bonds. The van der Waals surface area contributed by atoms with E-state index in [-0.39, 0.29) is 5.24 Å². The third-order valence-electron chi connectivity index (χ3n) is 6.09. The summed E-state index contributed by atoms with van der Waals surface area (Å²) in [6.07, 6.45) is 5.16. The van der Waals surface area contributed by atoms with Gasteiger partial charge in [-0.05, 0) is 61.3 Å². The van der Waals surface area contributed by atoms with Gasteiger partial charge in [0.25, 0.3) is 11.1 Å². The van der Waals surface area contributed by atoms with E-state index < -0.39 is 17.8 Å². The minimum Gasteiger partial charge on any atom is -0.341 e. The van der Waals surface area contributed by atoms with Crippen LogP contribution >= 0.6 is 11.8 Å². The van der Waals surface area contributed by atoms with E-state index in [1.165, 1.54) is 0 Å². The molecule has 2 saturated heterocycles. The minimum atomic E-state index is -0.877. The number of imide groups is 1. The number of carbonyl (C=O) groups excluding carboxylic acids is 2. The summed E-state index contributed by atoms with van der Waals surface area (Å²) in [6, 6.07) is 9.43. The third kappa shape index (κ3) is 6.33. The number of anilines is 1. The molecule has 2 fully saturated rings. The Bertz CT molecular complexity index is 1340. The zero-order valence-electron chi connectivity index (χ0n) is 19.7. The number of amides is 2. The van der Waals surface area contributed by atoms with Crippen molar-refractivity contribution in [1.82, 2.24) is 30.6 Å². The molecule has 12 heteroatoms. The van der Waals surface area contributed by atoms with E-state index in [2.05, 4.69) is 35.5 Å². The fraction of sp³-hybridized carbons (Fsp3) is 0.280. The summed E-state index contributed by atoms with van der Waals surface area (Å²) < 4.78 is 26.9. The molecule has 3 aromatic heterocycles. The predicted octanol–water partition coefficient (Wildman–Crippen LogP) is 3.54. The molecule has 0 atom stereocenters. The lowest BCUT2D eigenvalue weighted by molar-refractivity contribution is -0.115. The van der Waals surface area contributed by atoms with Gasteiger partial charge < -0.3 is 10.2 Å². The molecule has 190 valence electrons. The summed E-state index contributed by atoms with van der Waals surface area (Å²) >= 11 is 0.860. The van der Waals surface area contributed by atoms with Crippen molar-refractivity contribution in [2.45, 2.75) is 19.4 Å². The first-order valence-electron chi connectivity index (χ1n) is 11.8. The van der Waals surface area contributed by atoms with Gasteiger partial charge in [-0.15, -0.1) is 0 Å². The fourth-order valence-electron chi connectivity index (χ4n) is 4.24. The van der Waals surface area contributed by atoms with Crippen molar-refractivity contribution in [1.29, 1.82) is 0 Å².